The maximum absolute atomic E-state index is 14.6. The highest BCUT2D eigenvalue weighted by Gasteiger charge is 2.47. The molecule has 0 aliphatic rings. The SMILES string of the molecule is O=[C]C(NC(=O)NC(=O)c1ccccc1OCc1ccccc1)(C(=O)C(NC(=O)NC(=O)c1ccccc1O)c1ccc(O)cc1)c1ccccc1. The lowest BCUT2D eigenvalue weighted by Gasteiger charge is -2.31. The smallest absolute Gasteiger partial charge is 0.323 e. The molecule has 5 aromatic carbocycles. The van der Waals surface area contributed by atoms with Crippen molar-refractivity contribution in [1.82, 2.24) is 21.3 Å². The third kappa shape index (κ3) is 8.47. The maximum atomic E-state index is 14.6. The van der Waals surface area contributed by atoms with E-state index in [1.54, 1.807) is 24.5 Å². The lowest BCUT2D eigenvalue weighted by Crippen LogP contribution is -2.60. The minimum absolute atomic E-state index is 0.0188. The molecule has 6 amide bonds. The zero-order valence-electron chi connectivity index (χ0n) is 27.2. The van der Waals surface area contributed by atoms with E-state index in [-0.39, 0.29) is 40.4 Å². The van der Waals surface area contributed by atoms with Crippen LogP contribution < -0.4 is 26.0 Å². The Balaban J connectivity index is 1.43. The van der Waals surface area contributed by atoms with Gasteiger partial charge in [0.2, 0.25) is 6.29 Å². The summed E-state index contributed by atoms with van der Waals surface area (Å²) in [6.45, 7) is 0.125. The van der Waals surface area contributed by atoms with Gasteiger partial charge in [0.15, 0.2) is 11.3 Å². The topological polar surface area (TPSA) is 200 Å². The Morgan fingerprint density at radius 2 is 1.21 bits per heavy atom. The molecule has 0 aromatic heterocycles. The molecule has 0 saturated heterocycles. The Hall–Kier alpha value is -7.28. The van der Waals surface area contributed by atoms with Crippen LogP contribution in [0.2, 0.25) is 0 Å². The van der Waals surface area contributed by atoms with E-state index in [1.165, 1.54) is 84.9 Å². The van der Waals surface area contributed by atoms with Gasteiger partial charge in [-0.05, 0) is 53.1 Å². The number of para-hydroxylation sites is 2. The highest BCUT2D eigenvalue weighted by atomic mass is 16.5. The van der Waals surface area contributed by atoms with Gasteiger partial charge >= 0.3 is 12.1 Å². The molecule has 0 aliphatic carbocycles. The summed E-state index contributed by atoms with van der Waals surface area (Å²) < 4.78 is 5.83. The molecule has 1 radical (unpaired) electrons. The van der Waals surface area contributed by atoms with E-state index in [2.05, 4.69) is 16.0 Å². The number of carbonyl (C=O) groups excluding carboxylic acids is 6. The third-order valence-corrected chi connectivity index (χ3v) is 7.77. The zero-order chi connectivity index (χ0) is 37.1. The lowest BCUT2D eigenvalue weighted by molar-refractivity contribution is -0.125. The summed E-state index contributed by atoms with van der Waals surface area (Å²) in [5.41, 5.74) is -2.12. The van der Waals surface area contributed by atoms with Gasteiger partial charge in [0.1, 0.15) is 29.9 Å². The number of hydrogen-bond acceptors (Lipinski definition) is 9. The standard InChI is InChI=1S/C39H31N4O9/c44-24-39(27-13-5-2-6-14-27,43-38(51)42-36(49)30-16-8-10-18-32(30)52-23-25-11-3-1-4-12-25)34(47)33(26-19-21-28(45)22-20-26)40-37(50)41-35(48)29-15-7-9-17-31(29)46/h1-22,33,45-46H,23H2,(H2,40,41,48,50)(H2,42,43,49,51). The van der Waals surface area contributed by atoms with Crippen LogP contribution in [-0.4, -0.2) is 46.2 Å². The van der Waals surface area contributed by atoms with Crippen molar-refractivity contribution in [3.8, 4) is 17.2 Å². The largest absolute Gasteiger partial charge is 0.508 e. The number of aromatic hydroxyl groups is 2. The first kappa shape index (κ1) is 36.0. The number of hydrogen-bond donors (Lipinski definition) is 6. The number of Topliss-reactive ketones (excluding diaryl/α,β-unsaturated/α-hetero) is 1. The average Bonchev–Trinajstić information content (AvgIpc) is 3.16. The minimum atomic E-state index is -2.65. The summed E-state index contributed by atoms with van der Waals surface area (Å²) >= 11 is 0. The molecule has 0 heterocycles. The van der Waals surface area contributed by atoms with E-state index in [0.717, 1.165) is 5.56 Å². The predicted molar refractivity (Wildman–Crippen MR) is 187 cm³/mol. The van der Waals surface area contributed by atoms with Crippen molar-refractivity contribution >= 4 is 35.9 Å². The van der Waals surface area contributed by atoms with Crippen molar-refractivity contribution in [2.45, 2.75) is 18.2 Å². The number of phenols is 2. The molecule has 13 heteroatoms. The first-order chi connectivity index (χ1) is 25.1. The molecule has 52 heavy (non-hydrogen) atoms. The number of amides is 6. The second-order valence-electron chi connectivity index (χ2n) is 11.2. The van der Waals surface area contributed by atoms with Gasteiger partial charge in [-0.1, -0.05) is 97.1 Å². The Kier molecular flexibility index (Phi) is 11.4. The molecule has 13 nitrogen and oxygen atoms in total. The van der Waals surface area contributed by atoms with Gasteiger partial charge in [-0.15, -0.1) is 0 Å². The van der Waals surface area contributed by atoms with Crippen molar-refractivity contribution in [2.75, 3.05) is 0 Å². The summed E-state index contributed by atoms with van der Waals surface area (Å²) in [5, 5.41) is 28.7. The second-order valence-corrected chi connectivity index (χ2v) is 11.2. The molecule has 0 bridgehead atoms. The summed E-state index contributed by atoms with van der Waals surface area (Å²) in [5.74, 6) is -3.52. The normalized spacial score (nSPS) is 12.2. The number of ketones is 1. The van der Waals surface area contributed by atoms with Crippen LogP contribution in [0.15, 0.2) is 133 Å². The molecular weight excluding hydrogens is 668 g/mol. The summed E-state index contributed by atoms with van der Waals surface area (Å²) in [4.78, 5) is 80.3. The maximum Gasteiger partial charge on any atom is 0.323 e. The van der Waals surface area contributed by atoms with E-state index in [4.69, 9.17) is 4.74 Å². The molecule has 6 N–H and O–H groups in total. The number of phenolic OH excluding ortho intramolecular Hbond substituents is 2. The number of ether oxygens (including phenoxy) is 1. The molecule has 2 unspecified atom stereocenters. The van der Waals surface area contributed by atoms with E-state index in [0.29, 0.717) is 0 Å². The molecule has 0 aliphatic heterocycles. The van der Waals surface area contributed by atoms with Gasteiger partial charge in [-0.25, -0.2) is 9.59 Å². The van der Waals surface area contributed by atoms with Gasteiger partial charge in [0.25, 0.3) is 11.8 Å². The van der Waals surface area contributed by atoms with Crippen LogP contribution >= 0.6 is 0 Å². The fraction of sp³-hybridized carbons (Fsp3) is 0.0769. The number of imide groups is 2. The van der Waals surface area contributed by atoms with Crippen LogP contribution in [0.4, 0.5) is 9.59 Å². The van der Waals surface area contributed by atoms with Gasteiger partial charge in [-0.3, -0.25) is 29.8 Å². The van der Waals surface area contributed by atoms with Crippen LogP contribution in [0.1, 0.15) is 43.4 Å². The van der Waals surface area contributed by atoms with Crippen molar-refractivity contribution in [3.05, 3.63) is 161 Å². The van der Waals surface area contributed by atoms with Crippen LogP contribution in [0.5, 0.6) is 17.2 Å². The monoisotopic (exact) mass is 699 g/mol. The Bertz CT molecular complexity index is 2090. The molecule has 261 valence electrons. The van der Waals surface area contributed by atoms with Crippen LogP contribution in [-0.2, 0) is 21.7 Å². The van der Waals surface area contributed by atoms with Crippen LogP contribution in [0.3, 0.4) is 0 Å². The van der Waals surface area contributed by atoms with Gasteiger partial charge < -0.3 is 25.6 Å². The molecular formula is C39H31N4O9. The van der Waals surface area contributed by atoms with Crippen molar-refractivity contribution in [1.29, 1.82) is 0 Å². The Labute approximate surface area is 297 Å². The van der Waals surface area contributed by atoms with Gasteiger partial charge in [-0.2, -0.15) is 0 Å². The fourth-order valence-corrected chi connectivity index (χ4v) is 5.17. The van der Waals surface area contributed by atoms with Crippen LogP contribution in [0, 0.1) is 0 Å². The van der Waals surface area contributed by atoms with E-state index in [1.807, 2.05) is 35.6 Å². The number of carbonyl (C=O) groups is 5. The summed E-state index contributed by atoms with van der Waals surface area (Å²) in [6.07, 6.45) is 1.61. The fourth-order valence-electron chi connectivity index (χ4n) is 5.17. The van der Waals surface area contributed by atoms with E-state index < -0.39 is 47.0 Å². The van der Waals surface area contributed by atoms with Crippen molar-refractivity contribution in [3.63, 3.8) is 0 Å². The quantitative estimate of drug-likeness (QED) is 0.101. The predicted octanol–water partition coefficient (Wildman–Crippen LogP) is 4.57. The number of benzene rings is 5. The molecule has 5 aromatic rings. The number of nitrogens with one attached hydrogen (secondary N) is 4. The highest BCUT2D eigenvalue weighted by Crippen LogP contribution is 2.29. The summed E-state index contributed by atoms with van der Waals surface area (Å²) in [7, 11) is 0. The highest BCUT2D eigenvalue weighted by molar-refractivity contribution is 6.13. The van der Waals surface area contributed by atoms with Gasteiger partial charge in [0, 0.05) is 0 Å². The Morgan fingerprint density at radius 3 is 1.87 bits per heavy atom. The molecule has 0 spiro atoms. The lowest BCUT2D eigenvalue weighted by atomic mass is 9.81. The van der Waals surface area contributed by atoms with E-state index in [9.17, 15) is 39.0 Å². The zero-order valence-corrected chi connectivity index (χ0v) is 27.2. The van der Waals surface area contributed by atoms with Crippen molar-refractivity contribution < 1.29 is 43.7 Å². The molecule has 0 fully saturated rings. The first-order valence-corrected chi connectivity index (χ1v) is 15.7. The van der Waals surface area contributed by atoms with Crippen molar-refractivity contribution in [2.24, 2.45) is 0 Å². The summed E-state index contributed by atoms with van der Waals surface area (Å²) in [6, 6.07) is 28.8. The average molecular weight is 700 g/mol. The minimum Gasteiger partial charge on any atom is -0.508 e. The number of urea groups is 2. The molecule has 0 saturated carbocycles. The van der Waals surface area contributed by atoms with Crippen LogP contribution in [0.25, 0.3) is 0 Å². The molecule has 2 atom stereocenters. The third-order valence-electron chi connectivity index (χ3n) is 7.77. The second kappa shape index (κ2) is 16.4. The Morgan fingerprint density at radius 1 is 0.654 bits per heavy atom. The number of rotatable bonds is 12. The van der Waals surface area contributed by atoms with Gasteiger partial charge in [0.05, 0.1) is 11.1 Å². The molecule has 5 rings (SSSR count). The van der Waals surface area contributed by atoms with E-state index >= 15 is 0 Å². The first-order valence-electron chi connectivity index (χ1n) is 15.7.